The molecule has 140 valence electrons. The minimum atomic E-state index is -4.53. The minimum absolute atomic E-state index is 0.0120. The van der Waals surface area contributed by atoms with Crippen LogP contribution in [0, 0.1) is 0 Å². The molecule has 3 aromatic rings. The van der Waals surface area contributed by atoms with Gasteiger partial charge in [0.05, 0.1) is 16.9 Å². The van der Waals surface area contributed by atoms with Gasteiger partial charge in [0.2, 0.25) is 0 Å². The van der Waals surface area contributed by atoms with Crippen LogP contribution in [0.15, 0.2) is 67.0 Å². The summed E-state index contributed by atoms with van der Waals surface area (Å²) >= 11 is 0. The zero-order valence-corrected chi connectivity index (χ0v) is 14.3. The first-order valence-corrected chi connectivity index (χ1v) is 8.08. The normalized spacial score (nSPS) is 12.4. The highest BCUT2D eigenvalue weighted by atomic mass is 19.4. The predicted molar refractivity (Wildman–Crippen MR) is 93.7 cm³/mol. The monoisotopic (exact) mass is 375 g/mol. The van der Waals surface area contributed by atoms with Gasteiger partial charge in [0, 0.05) is 12.4 Å². The van der Waals surface area contributed by atoms with E-state index in [9.17, 15) is 18.0 Å². The number of anilines is 1. The van der Waals surface area contributed by atoms with Crippen molar-refractivity contribution in [3.8, 4) is 11.4 Å². The van der Waals surface area contributed by atoms with Gasteiger partial charge in [-0.25, -0.2) is 4.68 Å². The molecule has 0 saturated heterocycles. The van der Waals surface area contributed by atoms with Crippen molar-refractivity contribution in [2.24, 2.45) is 0 Å². The van der Waals surface area contributed by atoms with Crippen molar-refractivity contribution < 1.29 is 22.7 Å². The molecule has 0 fully saturated rings. The lowest BCUT2D eigenvalue weighted by Gasteiger charge is -2.18. The molecule has 1 atom stereocenters. The van der Waals surface area contributed by atoms with Crippen LogP contribution in [0.25, 0.3) is 5.69 Å². The second kappa shape index (κ2) is 7.53. The number of aromatic nitrogens is 2. The lowest BCUT2D eigenvalue weighted by Crippen LogP contribution is -2.30. The Morgan fingerprint density at radius 3 is 2.52 bits per heavy atom. The number of hydrogen-bond acceptors (Lipinski definition) is 3. The maximum absolute atomic E-state index is 13.1. The number of para-hydroxylation sites is 1. The van der Waals surface area contributed by atoms with Crippen LogP contribution in [0.1, 0.15) is 12.5 Å². The molecule has 1 heterocycles. The van der Waals surface area contributed by atoms with E-state index < -0.39 is 23.8 Å². The molecule has 5 nitrogen and oxygen atoms in total. The summed E-state index contributed by atoms with van der Waals surface area (Å²) in [5.41, 5.74) is -0.569. The summed E-state index contributed by atoms with van der Waals surface area (Å²) in [6, 6.07) is 13.4. The SMILES string of the molecule is CC(Oc1ccccc1)C(=O)Nc1cc(C(F)(F)F)ccc1-n1cccn1. The summed E-state index contributed by atoms with van der Waals surface area (Å²) in [4.78, 5) is 12.5. The molecule has 8 heteroatoms. The number of nitrogens with one attached hydrogen (secondary N) is 1. The summed E-state index contributed by atoms with van der Waals surface area (Å²) in [7, 11) is 0. The molecule has 0 saturated carbocycles. The van der Waals surface area contributed by atoms with Crippen molar-refractivity contribution in [2.45, 2.75) is 19.2 Å². The predicted octanol–water partition coefficient (Wildman–Crippen LogP) is 4.30. The second-order valence-electron chi connectivity index (χ2n) is 5.74. The molecule has 3 rings (SSSR count). The lowest BCUT2D eigenvalue weighted by molar-refractivity contribution is -0.137. The van der Waals surface area contributed by atoms with E-state index >= 15 is 0 Å². The van der Waals surface area contributed by atoms with Crippen molar-refractivity contribution in [1.29, 1.82) is 0 Å². The number of benzene rings is 2. The molecule has 27 heavy (non-hydrogen) atoms. The van der Waals surface area contributed by atoms with Crippen LogP contribution in [-0.4, -0.2) is 21.8 Å². The Morgan fingerprint density at radius 2 is 1.89 bits per heavy atom. The van der Waals surface area contributed by atoms with E-state index in [4.69, 9.17) is 4.74 Å². The molecule has 0 aliphatic heterocycles. The molecule has 0 aliphatic carbocycles. The van der Waals surface area contributed by atoms with E-state index in [1.165, 1.54) is 23.9 Å². The summed E-state index contributed by atoms with van der Waals surface area (Å²) in [5.74, 6) is -0.0944. The molecule has 0 bridgehead atoms. The van der Waals surface area contributed by atoms with Crippen LogP contribution in [0.4, 0.5) is 18.9 Å². The molecular weight excluding hydrogens is 359 g/mol. The van der Waals surface area contributed by atoms with E-state index in [0.717, 1.165) is 12.1 Å². The highest BCUT2D eigenvalue weighted by Crippen LogP contribution is 2.33. The Bertz CT molecular complexity index is 910. The zero-order valence-electron chi connectivity index (χ0n) is 14.3. The largest absolute Gasteiger partial charge is 0.481 e. The summed E-state index contributed by atoms with van der Waals surface area (Å²) in [5, 5.41) is 6.52. The highest BCUT2D eigenvalue weighted by Gasteiger charge is 2.31. The van der Waals surface area contributed by atoms with Gasteiger partial charge in [0.1, 0.15) is 5.75 Å². The first-order valence-electron chi connectivity index (χ1n) is 8.08. The molecule has 1 unspecified atom stereocenters. The van der Waals surface area contributed by atoms with Gasteiger partial charge in [-0.05, 0) is 43.3 Å². The lowest BCUT2D eigenvalue weighted by atomic mass is 10.1. The van der Waals surface area contributed by atoms with E-state index in [2.05, 4.69) is 10.4 Å². The number of amides is 1. The third kappa shape index (κ3) is 4.46. The molecule has 0 radical (unpaired) electrons. The Kier molecular flexibility index (Phi) is 5.16. The smallest absolute Gasteiger partial charge is 0.416 e. The van der Waals surface area contributed by atoms with Gasteiger partial charge >= 0.3 is 6.18 Å². The minimum Gasteiger partial charge on any atom is -0.481 e. The zero-order chi connectivity index (χ0) is 19.4. The van der Waals surface area contributed by atoms with E-state index in [1.807, 2.05) is 0 Å². The fourth-order valence-corrected chi connectivity index (χ4v) is 2.41. The van der Waals surface area contributed by atoms with Crippen LogP contribution >= 0.6 is 0 Å². The molecule has 1 aromatic heterocycles. The summed E-state index contributed by atoms with van der Waals surface area (Å²) in [6.45, 7) is 1.52. The average molecular weight is 375 g/mol. The Hall–Kier alpha value is -3.29. The third-order valence-corrected chi connectivity index (χ3v) is 3.76. The number of nitrogens with zero attached hydrogens (tertiary/aromatic N) is 2. The summed E-state index contributed by atoms with van der Waals surface area (Å²) in [6.07, 6.45) is -2.38. The maximum Gasteiger partial charge on any atom is 0.416 e. The molecule has 0 spiro atoms. The van der Waals surface area contributed by atoms with E-state index in [0.29, 0.717) is 11.4 Å². The number of rotatable bonds is 5. The Labute approximate surface area is 153 Å². The second-order valence-corrected chi connectivity index (χ2v) is 5.74. The van der Waals surface area contributed by atoms with Gasteiger partial charge in [-0.15, -0.1) is 0 Å². The number of halogens is 3. The molecule has 0 aliphatic rings. The van der Waals surface area contributed by atoms with Gasteiger partial charge in [0.25, 0.3) is 5.91 Å². The molecule has 2 aromatic carbocycles. The first kappa shape index (κ1) is 18.5. The van der Waals surface area contributed by atoms with Gasteiger partial charge in [-0.1, -0.05) is 18.2 Å². The van der Waals surface area contributed by atoms with E-state index in [1.54, 1.807) is 42.6 Å². The fraction of sp³-hybridized carbons (Fsp3) is 0.158. The topological polar surface area (TPSA) is 56.1 Å². The maximum atomic E-state index is 13.1. The number of carbonyl (C=O) groups is 1. The van der Waals surface area contributed by atoms with Crippen LogP contribution in [0.2, 0.25) is 0 Å². The Balaban J connectivity index is 1.86. The van der Waals surface area contributed by atoms with Crippen molar-refractivity contribution >= 4 is 11.6 Å². The Morgan fingerprint density at radius 1 is 1.15 bits per heavy atom. The van der Waals surface area contributed by atoms with Crippen molar-refractivity contribution in [1.82, 2.24) is 9.78 Å². The van der Waals surface area contributed by atoms with Gasteiger partial charge in [-0.3, -0.25) is 4.79 Å². The van der Waals surface area contributed by atoms with Crippen molar-refractivity contribution in [3.05, 3.63) is 72.6 Å². The van der Waals surface area contributed by atoms with Crippen LogP contribution in [-0.2, 0) is 11.0 Å². The number of hydrogen-bond donors (Lipinski definition) is 1. The quantitative estimate of drug-likeness (QED) is 0.724. The molecule has 1 N–H and O–H groups in total. The van der Waals surface area contributed by atoms with Crippen molar-refractivity contribution in [2.75, 3.05) is 5.32 Å². The van der Waals surface area contributed by atoms with Crippen LogP contribution in [0.5, 0.6) is 5.75 Å². The van der Waals surface area contributed by atoms with Crippen molar-refractivity contribution in [3.63, 3.8) is 0 Å². The van der Waals surface area contributed by atoms with Crippen LogP contribution < -0.4 is 10.1 Å². The standard InChI is InChI=1S/C19H16F3N3O2/c1-13(27-15-6-3-2-4-7-15)18(26)24-16-12-14(19(20,21)22)8-9-17(16)25-11-5-10-23-25/h2-13H,1H3,(H,24,26). The van der Waals surface area contributed by atoms with E-state index in [-0.39, 0.29) is 5.69 Å². The molecular formula is C19H16F3N3O2. The van der Waals surface area contributed by atoms with Crippen LogP contribution in [0.3, 0.4) is 0 Å². The van der Waals surface area contributed by atoms with Gasteiger partial charge < -0.3 is 10.1 Å². The number of carbonyl (C=O) groups excluding carboxylic acids is 1. The fourth-order valence-electron chi connectivity index (χ4n) is 2.41. The highest BCUT2D eigenvalue weighted by molar-refractivity contribution is 5.96. The average Bonchev–Trinajstić information content (AvgIpc) is 3.16. The third-order valence-electron chi connectivity index (χ3n) is 3.76. The number of alkyl halides is 3. The van der Waals surface area contributed by atoms with Gasteiger partial charge in [-0.2, -0.15) is 18.3 Å². The number of ether oxygens (including phenoxy) is 1. The molecule has 1 amide bonds. The first-order chi connectivity index (χ1) is 12.8. The summed E-state index contributed by atoms with van der Waals surface area (Å²) < 4.78 is 46.1. The van der Waals surface area contributed by atoms with Gasteiger partial charge in [0.15, 0.2) is 6.10 Å².